The van der Waals surface area contributed by atoms with Gasteiger partial charge in [-0.1, -0.05) is 19.3 Å². The maximum atomic E-state index is 12.0. The average Bonchev–Trinajstić information content (AvgIpc) is 2.73. The van der Waals surface area contributed by atoms with Crippen LogP contribution in [0.15, 0.2) is 0 Å². The summed E-state index contributed by atoms with van der Waals surface area (Å²) in [7, 11) is 0. The third kappa shape index (κ3) is 3.26. The Morgan fingerprint density at radius 1 is 1.32 bits per heavy atom. The number of ether oxygens (including phenoxy) is 1. The Kier molecular flexibility index (Phi) is 4.45. The highest BCUT2D eigenvalue weighted by atomic mass is 16.5. The van der Waals surface area contributed by atoms with Crippen LogP contribution in [0, 0.1) is 11.3 Å². The van der Waals surface area contributed by atoms with Crippen LogP contribution in [0.5, 0.6) is 0 Å². The SMILES string of the molecule is CC1(C(=O)O)COCC1NC(=O)CC1CCCCC1. The minimum Gasteiger partial charge on any atom is -0.481 e. The molecule has 2 atom stereocenters. The van der Waals surface area contributed by atoms with Gasteiger partial charge in [0.1, 0.15) is 5.41 Å². The lowest BCUT2D eigenvalue weighted by Gasteiger charge is -2.27. The van der Waals surface area contributed by atoms with Crippen molar-refractivity contribution in [2.24, 2.45) is 11.3 Å². The van der Waals surface area contributed by atoms with E-state index >= 15 is 0 Å². The first-order valence-corrected chi connectivity index (χ1v) is 7.13. The molecule has 2 aliphatic rings. The fourth-order valence-electron chi connectivity index (χ4n) is 2.99. The molecule has 5 nitrogen and oxygen atoms in total. The van der Waals surface area contributed by atoms with Gasteiger partial charge in [-0.2, -0.15) is 0 Å². The molecule has 0 spiro atoms. The molecule has 0 radical (unpaired) electrons. The third-order valence-corrected chi connectivity index (χ3v) is 4.48. The Hall–Kier alpha value is -1.10. The summed E-state index contributed by atoms with van der Waals surface area (Å²) >= 11 is 0. The molecule has 1 aliphatic carbocycles. The summed E-state index contributed by atoms with van der Waals surface area (Å²) in [6.45, 7) is 2.09. The number of hydrogen-bond donors (Lipinski definition) is 2. The van der Waals surface area contributed by atoms with Crippen molar-refractivity contribution < 1.29 is 19.4 Å². The number of carboxylic acid groups (broad SMARTS) is 1. The largest absolute Gasteiger partial charge is 0.481 e. The van der Waals surface area contributed by atoms with Gasteiger partial charge in [-0.25, -0.2) is 0 Å². The number of carbonyl (C=O) groups excluding carboxylic acids is 1. The molecule has 1 amide bonds. The van der Waals surface area contributed by atoms with Gasteiger partial charge in [0.25, 0.3) is 0 Å². The number of rotatable bonds is 4. The van der Waals surface area contributed by atoms with Crippen molar-refractivity contribution in [1.29, 1.82) is 0 Å². The van der Waals surface area contributed by atoms with Gasteiger partial charge in [0.05, 0.1) is 19.3 Å². The molecule has 5 heteroatoms. The molecule has 0 aromatic carbocycles. The van der Waals surface area contributed by atoms with Crippen LogP contribution < -0.4 is 5.32 Å². The number of nitrogens with one attached hydrogen (secondary N) is 1. The van der Waals surface area contributed by atoms with Crippen molar-refractivity contribution >= 4 is 11.9 Å². The van der Waals surface area contributed by atoms with E-state index in [0.717, 1.165) is 12.8 Å². The predicted molar refractivity (Wildman–Crippen MR) is 69.7 cm³/mol. The van der Waals surface area contributed by atoms with E-state index < -0.39 is 17.4 Å². The zero-order valence-corrected chi connectivity index (χ0v) is 11.5. The number of aliphatic carboxylic acids is 1. The van der Waals surface area contributed by atoms with Gasteiger partial charge in [0.2, 0.25) is 5.91 Å². The van der Waals surface area contributed by atoms with Gasteiger partial charge in [-0.15, -0.1) is 0 Å². The summed E-state index contributed by atoms with van der Waals surface area (Å²) in [6, 6.07) is -0.416. The van der Waals surface area contributed by atoms with E-state index in [-0.39, 0.29) is 12.5 Å². The Balaban J connectivity index is 1.86. The lowest BCUT2D eigenvalue weighted by atomic mass is 9.84. The monoisotopic (exact) mass is 269 g/mol. The zero-order valence-electron chi connectivity index (χ0n) is 11.5. The first-order valence-electron chi connectivity index (χ1n) is 7.13. The van der Waals surface area contributed by atoms with Crippen molar-refractivity contribution in [3.05, 3.63) is 0 Å². The van der Waals surface area contributed by atoms with Crippen molar-refractivity contribution in [2.75, 3.05) is 13.2 Å². The molecular formula is C14H23NO4. The van der Waals surface area contributed by atoms with Crippen LogP contribution >= 0.6 is 0 Å². The predicted octanol–water partition coefficient (Wildman–Crippen LogP) is 1.56. The molecule has 1 heterocycles. The van der Waals surface area contributed by atoms with E-state index in [1.807, 2.05) is 0 Å². The summed E-state index contributed by atoms with van der Waals surface area (Å²) in [5.74, 6) is -0.477. The Labute approximate surface area is 113 Å². The van der Waals surface area contributed by atoms with Gasteiger partial charge >= 0.3 is 5.97 Å². The van der Waals surface area contributed by atoms with Crippen molar-refractivity contribution in [2.45, 2.75) is 51.5 Å². The second-order valence-electron chi connectivity index (χ2n) is 6.07. The molecule has 0 aromatic rings. The summed E-state index contributed by atoms with van der Waals surface area (Å²) in [5.41, 5.74) is -0.998. The molecule has 2 N–H and O–H groups in total. The Morgan fingerprint density at radius 2 is 2.00 bits per heavy atom. The maximum Gasteiger partial charge on any atom is 0.313 e. The number of carbonyl (C=O) groups is 2. The molecule has 1 aliphatic heterocycles. The fourth-order valence-corrected chi connectivity index (χ4v) is 2.99. The minimum atomic E-state index is -0.998. The van der Waals surface area contributed by atoms with Crippen molar-refractivity contribution in [3.8, 4) is 0 Å². The average molecular weight is 269 g/mol. The molecule has 2 fully saturated rings. The molecule has 1 saturated carbocycles. The van der Waals surface area contributed by atoms with Gasteiger partial charge in [-0.3, -0.25) is 9.59 Å². The normalized spacial score (nSPS) is 32.2. The van der Waals surface area contributed by atoms with E-state index in [4.69, 9.17) is 4.74 Å². The van der Waals surface area contributed by atoms with Crippen LogP contribution in [-0.4, -0.2) is 36.2 Å². The van der Waals surface area contributed by atoms with Crippen LogP contribution in [0.25, 0.3) is 0 Å². The van der Waals surface area contributed by atoms with Gasteiger partial charge in [0.15, 0.2) is 0 Å². The van der Waals surface area contributed by atoms with Gasteiger partial charge < -0.3 is 15.2 Å². The second kappa shape index (κ2) is 5.90. The maximum absolute atomic E-state index is 12.0. The van der Waals surface area contributed by atoms with Crippen LogP contribution in [-0.2, 0) is 14.3 Å². The minimum absolute atomic E-state index is 0.0325. The first-order chi connectivity index (χ1) is 9.02. The molecule has 108 valence electrons. The van der Waals surface area contributed by atoms with Crippen LogP contribution in [0.1, 0.15) is 45.4 Å². The molecule has 2 rings (SSSR count). The number of amides is 1. The van der Waals surface area contributed by atoms with Crippen molar-refractivity contribution in [1.82, 2.24) is 5.32 Å². The van der Waals surface area contributed by atoms with Crippen molar-refractivity contribution in [3.63, 3.8) is 0 Å². The summed E-state index contributed by atoms with van der Waals surface area (Å²) in [6.07, 6.45) is 6.43. The Morgan fingerprint density at radius 3 is 2.63 bits per heavy atom. The number of carboxylic acids is 1. The fraction of sp³-hybridized carbons (Fsp3) is 0.857. The lowest BCUT2D eigenvalue weighted by Crippen LogP contribution is -2.50. The molecule has 0 bridgehead atoms. The third-order valence-electron chi connectivity index (χ3n) is 4.48. The highest BCUT2D eigenvalue weighted by Crippen LogP contribution is 2.30. The first kappa shape index (κ1) is 14.3. The van der Waals surface area contributed by atoms with E-state index in [2.05, 4.69) is 5.32 Å². The zero-order chi connectivity index (χ0) is 13.9. The van der Waals surface area contributed by atoms with E-state index in [9.17, 15) is 14.7 Å². The molecule has 0 aromatic heterocycles. The van der Waals surface area contributed by atoms with Crippen LogP contribution in [0.3, 0.4) is 0 Å². The second-order valence-corrected chi connectivity index (χ2v) is 6.07. The number of hydrogen-bond acceptors (Lipinski definition) is 3. The highest BCUT2D eigenvalue weighted by molar-refractivity contribution is 5.80. The van der Waals surface area contributed by atoms with E-state index in [0.29, 0.717) is 18.9 Å². The quantitative estimate of drug-likeness (QED) is 0.812. The van der Waals surface area contributed by atoms with Crippen LogP contribution in [0.2, 0.25) is 0 Å². The smallest absolute Gasteiger partial charge is 0.313 e. The van der Waals surface area contributed by atoms with E-state index in [1.165, 1.54) is 19.3 Å². The lowest BCUT2D eigenvalue weighted by molar-refractivity contribution is -0.149. The topological polar surface area (TPSA) is 75.6 Å². The Bertz CT molecular complexity index is 351. The van der Waals surface area contributed by atoms with E-state index in [1.54, 1.807) is 6.92 Å². The summed E-state index contributed by atoms with van der Waals surface area (Å²) < 4.78 is 5.23. The summed E-state index contributed by atoms with van der Waals surface area (Å²) in [4.78, 5) is 23.3. The summed E-state index contributed by atoms with van der Waals surface area (Å²) in [5, 5.41) is 12.1. The van der Waals surface area contributed by atoms with Gasteiger partial charge in [-0.05, 0) is 25.7 Å². The van der Waals surface area contributed by atoms with Gasteiger partial charge in [0, 0.05) is 6.42 Å². The highest BCUT2D eigenvalue weighted by Gasteiger charge is 2.47. The molecule has 1 saturated heterocycles. The standard InChI is InChI=1S/C14H23NO4/c1-14(13(17)18)9-19-8-11(14)15-12(16)7-10-5-3-2-4-6-10/h10-11H,2-9H2,1H3,(H,15,16)(H,17,18). The molecule has 19 heavy (non-hydrogen) atoms. The molecular weight excluding hydrogens is 246 g/mol. The molecule has 2 unspecified atom stereocenters. The van der Waals surface area contributed by atoms with Crippen LogP contribution in [0.4, 0.5) is 0 Å².